The Morgan fingerprint density at radius 3 is 2.60 bits per heavy atom. The van der Waals surface area contributed by atoms with Crippen LogP contribution in [0.2, 0.25) is 0 Å². The highest BCUT2D eigenvalue weighted by Gasteiger charge is 2.36. The standard InChI is InChI=1S/C18H19BrN2O3S/c1-13-7-8-15(19)11-17(13)25(23,24)21-10-9-20-18(22)12-16(21)14-5-3-2-4-6-14/h2-8,11,16H,9-10,12H2,1H3,(H,20,22). The van der Waals surface area contributed by atoms with Crippen LogP contribution in [0.25, 0.3) is 0 Å². The van der Waals surface area contributed by atoms with E-state index in [1.807, 2.05) is 36.4 Å². The van der Waals surface area contributed by atoms with E-state index in [0.717, 1.165) is 5.56 Å². The van der Waals surface area contributed by atoms with E-state index in [4.69, 9.17) is 0 Å². The molecule has 1 fully saturated rings. The zero-order chi connectivity index (χ0) is 18.0. The fourth-order valence-electron chi connectivity index (χ4n) is 3.04. The van der Waals surface area contributed by atoms with Crippen LogP contribution in [-0.2, 0) is 14.8 Å². The lowest BCUT2D eigenvalue weighted by molar-refractivity contribution is -0.121. The molecule has 0 spiro atoms. The average molecular weight is 423 g/mol. The molecular weight excluding hydrogens is 404 g/mol. The van der Waals surface area contributed by atoms with Crippen molar-refractivity contribution < 1.29 is 13.2 Å². The second-order valence-electron chi connectivity index (χ2n) is 6.01. The van der Waals surface area contributed by atoms with Gasteiger partial charge >= 0.3 is 0 Å². The van der Waals surface area contributed by atoms with Gasteiger partial charge in [0.1, 0.15) is 0 Å². The van der Waals surface area contributed by atoms with Gasteiger partial charge in [0, 0.05) is 24.0 Å². The van der Waals surface area contributed by atoms with Gasteiger partial charge in [-0.25, -0.2) is 8.42 Å². The van der Waals surface area contributed by atoms with Crippen molar-refractivity contribution in [3.63, 3.8) is 0 Å². The molecular formula is C18H19BrN2O3S. The number of benzene rings is 2. The summed E-state index contributed by atoms with van der Waals surface area (Å²) in [4.78, 5) is 12.3. The summed E-state index contributed by atoms with van der Waals surface area (Å²) in [5, 5.41) is 2.77. The van der Waals surface area contributed by atoms with Crippen LogP contribution in [0, 0.1) is 6.92 Å². The molecule has 1 N–H and O–H groups in total. The first-order valence-corrected chi connectivity index (χ1v) is 10.2. The molecule has 1 aliphatic heterocycles. The van der Waals surface area contributed by atoms with Crippen LogP contribution in [-0.4, -0.2) is 31.7 Å². The van der Waals surface area contributed by atoms with Crippen molar-refractivity contribution in [2.45, 2.75) is 24.3 Å². The van der Waals surface area contributed by atoms with Crippen molar-refractivity contribution >= 4 is 31.9 Å². The largest absolute Gasteiger partial charge is 0.355 e. The Kier molecular flexibility index (Phi) is 5.27. The molecule has 0 saturated carbocycles. The maximum absolute atomic E-state index is 13.4. The lowest BCUT2D eigenvalue weighted by Gasteiger charge is -2.29. The smallest absolute Gasteiger partial charge is 0.244 e. The van der Waals surface area contributed by atoms with E-state index in [9.17, 15) is 13.2 Å². The van der Waals surface area contributed by atoms with E-state index >= 15 is 0 Å². The van der Waals surface area contributed by atoms with Crippen molar-refractivity contribution in [1.29, 1.82) is 0 Å². The average Bonchev–Trinajstić information content (AvgIpc) is 2.80. The van der Waals surface area contributed by atoms with Crippen LogP contribution in [0.5, 0.6) is 0 Å². The van der Waals surface area contributed by atoms with Crippen LogP contribution in [0.15, 0.2) is 57.9 Å². The van der Waals surface area contributed by atoms with Gasteiger partial charge in [0.15, 0.2) is 0 Å². The number of hydrogen-bond acceptors (Lipinski definition) is 3. The third-order valence-corrected chi connectivity index (χ3v) is 6.85. The van der Waals surface area contributed by atoms with E-state index in [2.05, 4.69) is 21.2 Å². The molecule has 1 aliphatic rings. The van der Waals surface area contributed by atoms with Crippen molar-refractivity contribution in [2.24, 2.45) is 0 Å². The van der Waals surface area contributed by atoms with Gasteiger partial charge in [-0.1, -0.05) is 52.3 Å². The van der Waals surface area contributed by atoms with Gasteiger partial charge in [-0.3, -0.25) is 4.79 Å². The zero-order valence-electron chi connectivity index (χ0n) is 13.8. The molecule has 1 unspecified atom stereocenters. The van der Waals surface area contributed by atoms with Crippen molar-refractivity contribution in [3.05, 3.63) is 64.1 Å². The molecule has 132 valence electrons. The first-order chi connectivity index (χ1) is 11.9. The molecule has 3 rings (SSSR count). The molecule has 5 nitrogen and oxygen atoms in total. The van der Waals surface area contributed by atoms with Crippen LogP contribution in [0.1, 0.15) is 23.6 Å². The topological polar surface area (TPSA) is 66.5 Å². The van der Waals surface area contributed by atoms with Gasteiger partial charge in [-0.2, -0.15) is 4.31 Å². The van der Waals surface area contributed by atoms with Gasteiger partial charge in [0.25, 0.3) is 0 Å². The highest BCUT2D eigenvalue weighted by atomic mass is 79.9. The third-order valence-electron chi connectivity index (χ3n) is 4.30. The highest BCUT2D eigenvalue weighted by molar-refractivity contribution is 9.10. The molecule has 0 aromatic heterocycles. The zero-order valence-corrected chi connectivity index (χ0v) is 16.2. The Labute approximate surface area is 156 Å². The summed E-state index contributed by atoms with van der Waals surface area (Å²) >= 11 is 3.35. The summed E-state index contributed by atoms with van der Waals surface area (Å²) in [6.45, 7) is 2.31. The van der Waals surface area contributed by atoms with Crippen molar-refractivity contribution in [2.75, 3.05) is 13.1 Å². The molecule has 1 atom stereocenters. The SMILES string of the molecule is Cc1ccc(Br)cc1S(=O)(=O)N1CCNC(=O)CC1c1ccccc1. The van der Waals surface area contributed by atoms with E-state index in [1.54, 1.807) is 19.1 Å². The van der Waals surface area contributed by atoms with E-state index < -0.39 is 16.1 Å². The van der Waals surface area contributed by atoms with Gasteiger partial charge in [-0.05, 0) is 30.2 Å². The van der Waals surface area contributed by atoms with Crippen molar-refractivity contribution in [3.8, 4) is 0 Å². The van der Waals surface area contributed by atoms with Gasteiger partial charge in [0.2, 0.25) is 15.9 Å². The minimum Gasteiger partial charge on any atom is -0.355 e. The number of rotatable bonds is 3. The predicted octanol–water partition coefficient (Wildman–Crippen LogP) is 3.01. The maximum Gasteiger partial charge on any atom is 0.244 e. The van der Waals surface area contributed by atoms with E-state index in [-0.39, 0.29) is 23.8 Å². The second-order valence-corrected chi connectivity index (χ2v) is 8.78. The molecule has 2 aromatic rings. The van der Waals surface area contributed by atoms with Crippen molar-refractivity contribution in [1.82, 2.24) is 9.62 Å². The highest BCUT2D eigenvalue weighted by Crippen LogP contribution is 2.33. The number of nitrogens with one attached hydrogen (secondary N) is 1. The third kappa shape index (κ3) is 3.78. The summed E-state index contributed by atoms with van der Waals surface area (Å²) < 4.78 is 28.9. The number of halogens is 1. The maximum atomic E-state index is 13.4. The van der Waals surface area contributed by atoms with Crippen LogP contribution in [0.4, 0.5) is 0 Å². The number of sulfonamides is 1. The number of hydrogen-bond donors (Lipinski definition) is 1. The lowest BCUT2D eigenvalue weighted by atomic mass is 10.0. The molecule has 0 bridgehead atoms. The Morgan fingerprint density at radius 1 is 1.16 bits per heavy atom. The number of nitrogens with zero attached hydrogens (tertiary/aromatic N) is 1. The predicted molar refractivity (Wildman–Crippen MR) is 99.6 cm³/mol. The van der Waals surface area contributed by atoms with Crippen LogP contribution in [0.3, 0.4) is 0 Å². The Balaban J connectivity index is 2.10. The second kappa shape index (κ2) is 7.27. The monoisotopic (exact) mass is 422 g/mol. The summed E-state index contributed by atoms with van der Waals surface area (Å²) in [5.41, 5.74) is 1.49. The summed E-state index contributed by atoms with van der Waals surface area (Å²) in [7, 11) is -3.75. The van der Waals surface area contributed by atoms with Gasteiger partial charge < -0.3 is 5.32 Å². The number of carbonyl (C=O) groups excluding carboxylic acids is 1. The van der Waals surface area contributed by atoms with Gasteiger partial charge in [-0.15, -0.1) is 0 Å². The normalized spacial score (nSPS) is 19.3. The molecule has 0 aliphatic carbocycles. The molecule has 0 radical (unpaired) electrons. The summed E-state index contributed by atoms with van der Waals surface area (Å²) in [6, 6.07) is 14.0. The molecule has 1 heterocycles. The Morgan fingerprint density at radius 2 is 1.88 bits per heavy atom. The minimum atomic E-state index is -3.75. The molecule has 1 amide bonds. The number of carbonyl (C=O) groups is 1. The number of aryl methyl sites for hydroxylation is 1. The Bertz CT molecular complexity index is 884. The fourth-order valence-corrected chi connectivity index (χ4v) is 5.42. The van der Waals surface area contributed by atoms with E-state index in [0.29, 0.717) is 16.6 Å². The summed E-state index contributed by atoms with van der Waals surface area (Å²) in [6.07, 6.45) is 0.107. The fraction of sp³-hybridized carbons (Fsp3) is 0.278. The first kappa shape index (κ1) is 18.1. The van der Waals surface area contributed by atoms with Crippen LogP contribution >= 0.6 is 15.9 Å². The molecule has 7 heteroatoms. The molecule has 25 heavy (non-hydrogen) atoms. The minimum absolute atomic E-state index is 0.107. The van der Waals surface area contributed by atoms with Gasteiger partial charge in [0.05, 0.1) is 10.9 Å². The molecule has 2 aromatic carbocycles. The number of amides is 1. The van der Waals surface area contributed by atoms with E-state index in [1.165, 1.54) is 4.31 Å². The van der Waals surface area contributed by atoms with Crippen LogP contribution < -0.4 is 5.32 Å². The summed E-state index contributed by atoms with van der Waals surface area (Å²) in [5.74, 6) is -0.141. The lowest BCUT2D eigenvalue weighted by Crippen LogP contribution is -2.36. The Hall–Kier alpha value is -1.70. The first-order valence-electron chi connectivity index (χ1n) is 7.99. The molecule has 1 saturated heterocycles. The quantitative estimate of drug-likeness (QED) is 0.826.